The number of para-hydroxylation sites is 1. The molecular weight excluding hydrogens is 264 g/mol. The molecule has 0 saturated heterocycles. The average Bonchev–Trinajstić information content (AvgIpc) is 2.79. The number of aliphatic imine (C=N–C) groups is 1. The summed E-state index contributed by atoms with van der Waals surface area (Å²) in [6.45, 7) is 4.35. The van der Waals surface area contributed by atoms with Gasteiger partial charge in [0.1, 0.15) is 10.8 Å². The van der Waals surface area contributed by atoms with Crippen LogP contribution in [0.1, 0.15) is 30.9 Å². The summed E-state index contributed by atoms with van der Waals surface area (Å²) in [4.78, 5) is 7.13. The molecule has 0 aliphatic carbocycles. The Bertz CT molecular complexity index is 667. The van der Waals surface area contributed by atoms with E-state index in [1.165, 1.54) is 16.1 Å². The van der Waals surface area contributed by atoms with E-state index in [0.29, 0.717) is 0 Å². The largest absolute Gasteiger partial charge is 0.296 e. The van der Waals surface area contributed by atoms with Crippen LogP contribution in [0.5, 0.6) is 0 Å². The van der Waals surface area contributed by atoms with Crippen LogP contribution in [0.25, 0.3) is 6.08 Å². The van der Waals surface area contributed by atoms with Crippen LogP contribution in [0.15, 0.2) is 46.9 Å². The van der Waals surface area contributed by atoms with E-state index in [1.54, 1.807) is 11.3 Å². The van der Waals surface area contributed by atoms with E-state index in [4.69, 9.17) is 4.99 Å². The van der Waals surface area contributed by atoms with Crippen molar-refractivity contribution in [1.29, 1.82) is 0 Å². The number of fused-ring (bicyclic) bond motifs is 1. The van der Waals surface area contributed by atoms with Crippen molar-refractivity contribution < 1.29 is 0 Å². The van der Waals surface area contributed by atoms with E-state index < -0.39 is 0 Å². The first-order chi connectivity index (χ1) is 9.79. The second-order valence-corrected chi connectivity index (χ2v) is 5.83. The first kappa shape index (κ1) is 13.1. The number of rotatable bonds is 3. The molecule has 0 bridgehead atoms. The molecule has 0 fully saturated rings. The second-order valence-electron chi connectivity index (χ2n) is 4.93. The minimum absolute atomic E-state index is 0.982. The number of nitrogens with zero attached hydrogens (tertiary/aromatic N) is 2. The SMILES string of the molecule is CCCC1=Nc2ccccc2C=CN1c1sccc1C. The zero-order chi connectivity index (χ0) is 13.9. The van der Waals surface area contributed by atoms with Gasteiger partial charge < -0.3 is 0 Å². The zero-order valence-corrected chi connectivity index (χ0v) is 12.7. The Hall–Kier alpha value is -1.87. The van der Waals surface area contributed by atoms with Gasteiger partial charge in [0, 0.05) is 18.2 Å². The minimum atomic E-state index is 0.982. The molecule has 3 rings (SSSR count). The van der Waals surface area contributed by atoms with Gasteiger partial charge in [-0.3, -0.25) is 4.90 Å². The molecule has 0 spiro atoms. The number of anilines is 1. The highest BCUT2D eigenvalue weighted by Gasteiger charge is 2.17. The van der Waals surface area contributed by atoms with Crippen molar-refractivity contribution in [2.75, 3.05) is 4.90 Å². The monoisotopic (exact) mass is 282 g/mol. The van der Waals surface area contributed by atoms with Gasteiger partial charge in [0.2, 0.25) is 0 Å². The summed E-state index contributed by atoms with van der Waals surface area (Å²) in [5, 5.41) is 3.40. The lowest BCUT2D eigenvalue weighted by Gasteiger charge is -2.20. The third-order valence-corrected chi connectivity index (χ3v) is 4.41. The predicted molar refractivity (Wildman–Crippen MR) is 89.0 cm³/mol. The van der Waals surface area contributed by atoms with Crippen LogP contribution in [0.2, 0.25) is 0 Å². The number of hydrogen-bond donors (Lipinski definition) is 0. The Balaban J connectivity index is 2.10. The summed E-state index contributed by atoms with van der Waals surface area (Å²) in [5.74, 6) is 1.12. The van der Waals surface area contributed by atoms with Crippen molar-refractivity contribution in [3.8, 4) is 0 Å². The average molecular weight is 282 g/mol. The molecule has 1 aromatic heterocycles. The molecule has 0 amide bonds. The lowest BCUT2D eigenvalue weighted by molar-refractivity contribution is 0.975. The number of aryl methyl sites for hydroxylation is 1. The van der Waals surface area contributed by atoms with Gasteiger partial charge in [-0.15, -0.1) is 11.3 Å². The lowest BCUT2D eigenvalue weighted by Crippen LogP contribution is -2.24. The molecule has 0 unspecified atom stereocenters. The van der Waals surface area contributed by atoms with Crippen molar-refractivity contribution in [3.05, 3.63) is 53.0 Å². The molecule has 1 aliphatic heterocycles. The van der Waals surface area contributed by atoms with Gasteiger partial charge >= 0.3 is 0 Å². The van der Waals surface area contributed by atoms with E-state index >= 15 is 0 Å². The van der Waals surface area contributed by atoms with E-state index in [0.717, 1.165) is 24.4 Å². The van der Waals surface area contributed by atoms with Crippen molar-refractivity contribution in [3.63, 3.8) is 0 Å². The number of benzene rings is 1. The van der Waals surface area contributed by atoms with Gasteiger partial charge in [-0.25, -0.2) is 4.99 Å². The van der Waals surface area contributed by atoms with Gasteiger partial charge in [-0.1, -0.05) is 25.1 Å². The molecule has 20 heavy (non-hydrogen) atoms. The Labute approximate surface area is 124 Å². The molecule has 0 N–H and O–H groups in total. The lowest BCUT2D eigenvalue weighted by atomic mass is 10.2. The van der Waals surface area contributed by atoms with E-state index in [2.05, 4.69) is 60.7 Å². The third kappa shape index (κ3) is 2.41. The molecule has 1 aliphatic rings. The highest BCUT2D eigenvalue weighted by Crippen LogP contribution is 2.32. The van der Waals surface area contributed by atoms with Gasteiger partial charge in [0.05, 0.1) is 5.69 Å². The fourth-order valence-corrected chi connectivity index (χ4v) is 3.30. The molecule has 102 valence electrons. The molecule has 0 saturated carbocycles. The minimum Gasteiger partial charge on any atom is -0.296 e. The number of amidine groups is 1. The first-order valence-electron chi connectivity index (χ1n) is 6.97. The van der Waals surface area contributed by atoms with Crippen molar-refractivity contribution in [2.24, 2.45) is 4.99 Å². The molecule has 2 aromatic rings. The molecule has 2 nitrogen and oxygen atoms in total. The standard InChI is InChI=1S/C17H18N2S/c1-3-6-16-18-15-8-5-4-7-14(15)9-11-19(16)17-13(2)10-12-20-17/h4-5,7-12H,3,6H2,1-2H3. The number of thiophene rings is 1. The summed E-state index contributed by atoms with van der Waals surface area (Å²) in [5.41, 5.74) is 3.54. The molecule has 0 atom stereocenters. The molecule has 2 heterocycles. The maximum absolute atomic E-state index is 4.89. The second kappa shape index (κ2) is 5.63. The van der Waals surface area contributed by atoms with Crippen LogP contribution in [0, 0.1) is 6.92 Å². The van der Waals surface area contributed by atoms with Crippen LogP contribution < -0.4 is 4.90 Å². The fourth-order valence-electron chi connectivity index (χ4n) is 2.36. The molecule has 3 heteroatoms. The summed E-state index contributed by atoms with van der Waals surface area (Å²) >= 11 is 1.77. The Morgan fingerprint density at radius 3 is 2.80 bits per heavy atom. The van der Waals surface area contributed by atoms with Crippen LogP contribution in [0.4, 0.5) is 10.7 Å². The Morgan fingerprint density at radius 2 is 2.05 bits per heavy atom. The van der Waals surface area contributed by atoms with Gasteiger partial charge in [-0.05, 0) is 42.5 Å². The summed E-state index contributed by atoms with van der Waals surface area (Å²) in [6.07, 6.45) is 6.38. The van der Waals surface area contributed by atoms with Crippen LogP contribution in [-0.2, 0) is 0 Å². The summed E-state index contributed by atoms with van der Waals surface area (Å²) in [7, 11) is 0. The van der Waals surface area contributed by atoms with E-state index in [9.17, 15) is 0 Å². The zero-order valence-electron chi connectivity index (χ0n) is 11.8. The third-order valence-electron chi connectivity index (χ3n) is 3.39. The van der Waals surface area contributed by atoms with Crippen molar-refractivity contribution in [1.82, 2.24) is 0 Å². The summed E-state index contributed by atoms with van der Waals surface area (Å²) < 4.78 is 0. The van der Waals surface area contributed by atoms with Gasteiger partial charge in [-0.2, -0.15) is 0 Å². The van der Waals surface area contributed by atoms with Crippen molar-refractivity contribution >= 4 is 33.9 Å². The van der Waals surface area contributed by atoms with Crippen LogP contribution in [0.3, 0.4) is 0 Å². The van der Waals surface area contributed by atoms with Gasteiger partial charge in [0.15, 0.2) is 0 Å². The maximum atomic E-state index is 4.89. The normalized spacial score (nSPS) is 13.9. The van der Waals surface area contributed by atoms with Crippen LogP contribution >= 0.6 is 11.3 Å². The highest BCUT2D eigenvalue weighted by molar-refractivity contribution is 7.14. The molecular formula is C17H18N2S. The van der Waals surface area contributed by atoms with E-state index in [1.807, 2.05) is 6.07 Å². The van der Waals surface area contributed by atoms with E-state index in [-0.39, 0.29) is 0 Å². The topological polar surface area (TPSA) is 15.6 Å². The molecule has 0 radical (unpaired) electrons. The highest BCUT2D eigenvalue weighted by atomic mass is 32.1. The predicted octanol–water partition coefficient (Wildman–Crippen LogP) is 5.38. The quantitative estimate of drug-likeness (QED) is 0.738. The smallest absolute Gasteiger partial charge is 0.114 e. The summed E-state index contributed by atoms with van der Waals surface area (Å²) in [6, 6.07) is 10.5. The fraction of sp³-hybridized carbons (Fsp3) is 0.235. The number of hydrogen-bond acceptors (Lipinski definition) is 3. The Kier molecular flexibility index (Phi) is 3.70. The van der Waals surface area contributed by atoms with Crippen molar-refractivity contribution in [2.45, 2.75) is 26.7 Å². The maximum Gasteiger partial charge on any atom is 0.114 e. The van der Waals surface area contributed by atoms with Gasteiger partial charge in [0.25, 0.3) is 0 Å². The first-order valence-corrected chi connectivity index (χ1v) is 7.85. The Morgan fingerprint density at radius 1 is 1.20 bits per heavy atom. The van der Waals surface area contributed by atoms with Crippen LogP contribution in [-0.4, -0.2) is 5.84 Å². The molecule has 1 aromatic carbocycles.